The number of fused-ring (bicyclic) bond motifs is 1. The summed E-state index contributed by atoms with van der Waals surface area (Å²) in [4.78, 5) is 19.4. The highest BCUT2D eigenvalue weighted by Gasteiger charge is 2.32. The number of aromatic nitrogens is 1. The summed E-state index contributed by atoms with van der Waals surface area (Å²) in [5, 5.41) is 21.7. The molecule has 0 spiro atoms. The normalized spacial score (nSPS) is 15.2. The van der Waals surface area contributed by atoms with Gasteiger partial charge in [0.2, 0.25) is 0 Å². The second-order valence-corrected chi connectivity index (χ2v) is 9.11. The average Bonchev–Trinajstić information content (AvgIpc) is 2.85. The maximum atomic E-state index is 14.6. The summed E-state index contributed by atoms with van der Waals surface area (Å²) in [5.74, 6) is -2.51. The number of para-hydroxylation sites is 1. The van der Waals surface area contributed by atoms with Crippen LogP contribution in [0.15, 0.2) is 48.7 Å². The Kier molecular flexibility index (Phi) is 7.09. The van der Waals surface area contributed by atoms with E-state index in [1.54, 1.807) is 23.2 Å². The molecule has 1 unspecified atom stereocenters. The van der Waals surface area contributed by atoms with E-state index in [4.69, 9.17) is 9.47 Å². The summed E-state index contributed by atoms with van der Waals surface area (Å²) in [6.45, 7) is 4.32. The minimum atomic E-state index is -1.20. The van der Waals surface area contributed by atoms with Gasteiger partial charge in [0.05, 0.1) is 30.5 Å². The first-order valence-corrected chi connectivity index (χ1v) is 11.3. The molecule has 1 aliphatic rings. The maximum absolute atomic E-state index is 14.6. The van der Waals surface area contributed by atoms with Gasteiger partial charge in [0.1, 0.15) is 18.0 Å². The smallest absolute Gasteiger partial charge is 0.259 e. The third-order valence-corrected chi connectivity index (χ3v) is 5.65. The summed E-state index contributed by atoms with van der Waals surface area (Å²) in [7, 11) is 0. The Balaban J connectivity index is 1.64. The van der Waals surface area contributed by atoms with Gasteiger partial charge in [-0.2, -0.15) is 0 Å². The first-order chi connectivity index (χ1) is 17.1. The van der Waals surface area contributed by atoms with Gasteiger partial charge in [-0.1, -0.05) is 12.1 Å². The number of ether oxygens (including phenoxy) is 2. The van der Waals surface area contributed by atoms with Crippen molar-refractivity contribution in [2.24, 2.45) is 0 Å². The molecule has 0 radical (unpaired) electrons. The molecular weight excluding hydrogens is 472 g/mol. The number of hydrogen-bond donors (Lipinski definition) is 3. The van der Waals surface area contributed by atoms with Gasteiger partial charge in [-0.05, 0) is 44.5 Å². The molecule has 0 aliphatic carbocycles. The van der Waals surface area contributed by atoms with Gasteiger partial charge in [0.25, 0.3) is 5.91 Å². The lowest BCUT2D eigenvalue weighted by Crippen LogP contribution is -2.43. The highest BCUT2D eigenvalue weighted by molar-refractivity contribution is 6.07. The lowest BCUT2D eigenvalue weighted by Gasteiger charge is -2.37. The first kappa shape index (κ1) is 25.3. The number of aryl methyl sites for hydroxylation is 1. The molecule has 1 aliphatic heterocycles. The molecular formula is C26H27F2N3O5. The molecule has 0 saturated heterocycles. The number of aliphatic hydroxyl groups excluding tert-OH is 2. The number of halogens is 2. The predicted molar refractivity (Wildman–Crippen MR) is 130 cm³/mol. The Labute approximate surface area is 207 Å². The van der Waals surface area contributed by atoms with E-state index < -0.39 is 41.5 Å². The molecule has 190 valence electrons. The summed E-state index contributed by atoms with van der Waals surface area (Å²) in [5.41, 5.74) is 0.317. The number of amides is 1. The molecule has 1 atom stereocenters. The van der Waals surface area contributed by atoms with Crippen molar-refractivity contribution in [3.8, 4) is 11.5 Å². The number of anilines is 3. The Hall–Kier alpha value is -3.76. The number of carbonyl (C=O) groups is 1. The van der Waals surface area contributed by atoms with Gasteiger partial charge < -0.3 is 29.9 Å². The number of aliphatic hydroxyl groups is 2. The van der Waals surface area contributed by atoms with Crippen LogP contribution < -0.4 is 19.7 Å². The van der Waals surface area contributed by atoms with Crippen LogP contribution in [0.25, 0.3) is 0 Å². The zero-order chi connectivity index (χ0) is 26.0. The van der Waals surface area contributed by atoms with E-state index in [1.165, 1.54) is 19.9 Å². The Morgan fingerprint density at radius 3 is 2.56 bits per heavy atom. The van der Waals surface area contributed by atoms with Crippen LogP contribution in [0, 0.1) is 18.6 Å². The summed E-state index contributed by atoms with van der Waals surface area (Å²) in [6.07, 6.45) is 1.70. The van der Waals surface area contributed by atoms with Crippen LogP contribution in [0.4, 0.5) is 26.0 Å². The van der Waals surface area contributed by atoms with E-state index in [-0.39, 0.29) is 30.2 Å². The topological polar surface area (TPSA) is 104 Å². The monoisotopic (exact) mass is 499 g/mol. The van der Waals surface area contributed by atoms with Gasteiger partial charge in [-0.3, -0.25) is 4.79 Å². The molecule has 4 rings (SSSR count). The van der Waals surface area contributed by atoms with Crippen LogP contribution in [0.2, 0.25) is 0 Å². The molecule has 36 heavy (non-hydrogen) atoms. The molecule has 0 fully saturated rings. The van der Waals surface area contributed by atoms with Crippen molar-refractivity contribution in [2.45, 2.75) is 32.4 Å². The molecule has 2 heterocycles. The van der Waals surface area contributed by atoms with Crippen LogP contribution in [0.1, 0.15) is 29.8 Å². The van der Waals surface area contributed by atoms with E-state index in [0.29, 0.717) is 11.5 Å². The Morgan fingerprint density at radius 1 is 1.22 bits per heavy atom. The number of carbonyl (C=O) groups excluding carboxylic acids is 1. The predicted octanol–water partition coefficient (Wildman–Crippen LogP) is 3.96. The molecule has 10 heteroatoms. The fraction of sp³-hybridized carbons (Fsp3) is 0.308. The minimum Gasteiger partial charge on any atom is -0.488 e. The van der Waals surface area contributed by atoms with E-state index in [9.17, 15) is 23.8 Å². The highest BCUT2D eigenvalue weighted by atomic mass is 19.1. The van der Waals surface area contributed by atoms with Gasteiger partial charge >= 0.3 is 0 Å². The van der Waals surface area contributed by atoms with Gasteiger partial charge in [0, 0.05) is 24.0 Å². The molecule has 0 bridgehead atoms. The molecule has 8 nitrogen and oxygen atoms in total. The number of rotatable bonds is 7. The van der Waals surface area contributed by atoms with Crippen molar-refractivity contribution >= 4 is 23.1 Å². The number of nitrogens with zero attached hydrogens (tertiary/aromatic N) is 2. The van der Waals surface area contributed by atoms with E-state index in [1.807, 2.05) is 19.1 Å². The highest BCUT2D eigenvalue weighted by Crippen LogP contribution is 2.41. The van der Waals surface area contributed by atoms with Crippen molar-refractivity contribution in [3.05, 3.63) is 71.4 Å². The summed E-state index contributed by atoms with van der Waals surface area (Å²) >= 11 is 0. The maximum Gasteiger partial charge on any atom is 0.259 e. The van der Waals surface area contributed by atoms with Crippen LogP contribution in [0.5, 0.6) is 11.5 Å². The van der Waals surface area contributed by atoms with E-state index in [0.717, 1.165) is 17.7 Å². The number of hydrogen-bond acceptors (Lipinski definition) is 7. The summed E-state index contributed by atoms with van der Waals surface area (Å²) < 4.78 is 40.3. The van der Waals surface area contributed by atoms with Crippen molar-refractivity contribution in [1.29, 1.82) is 0 Å². The van der Waals surface area contributed by atoms with Crippen LogP contribution in [-0.2, 0) is 0 Å². The molecule has 2 aromatic carbocycles. The third kappa shape index (κ3) is 5.09. The molecule has 0 saturated carbocycles. The quantitative estimate of drug-likeness (QED) is 0.452. The lowest BCUT2D eigenvalue weighted by atomic mass is 10.1. The van der Waals surface area contributed by atoms with Crippen molar-refractivity contribution in [1.82, 2.24) is 4.98 Å². The third-order valence-electron chi connectivity index (χ3n) is 5.65. The van der Waals surface area contributed by atoms with Crippen molar-refractivity contribution in [3.63, 3.8) is 0 Å². The number of pyridine rings is 1. The van der Waals surface area contributed by atoms with Crippen LogP contribution in [-0.4, -0.2) is 52.6 Å². The minimum absolute atomic E-state index is 0.0965. The Bertz CT molecular complexity index is 1240. The second kappa shape index (κ2) is 10.1. The van der Waals surface area contributed by atoms with Gasteiger partial charge in [0.15, 0.2) is 23.1 Å². The van der Waals surface area contributed by atoms with E-state index in [2.05, 4.69) is 10.3 Å². The first-order valence-electron chi connectivity index (χ1n) is 11.3. The molecule has 1 aromatic heterocycles. The van der Waals surface area contributed by atoms with Crippen LogP contribution in [0.3, 0.4) is 0 Å². The molecule has 3 aromatic rings. The fourth-order valence-corrected chi connectivity index (χ4v) is 3.78. The van der Waals surface area contributed by atoms with Crippen molar-refractivity contribution in [2.75, 3.05) is 30.0 Å². The Morgan fingerprint density at radius 2 is 1.94 bits per heavy atom. The largest absolute Gasteiger partial charge is 0.488 e. The van der Waals surface area contributed by atoms with Crippen LogP contribution >= 0.6 is 0 Å². The zero-order valence-electron chi connectivity index (χ0n) is 20.1. The average molecular weight is 500 g/mol. The van der Waals surface area contributed by atoms with Gasteiger partial charge in [-0.15, -0.1) is 0 Å². The van der Waals surface area contributed by atoms with Crippen molar-refractivity contribution < 1.29 is 33.3 Å². The van der Waals surface area contributed by atoms with Gasteiger partial charge in [-0.25, -0.2) is 13.8 Å². The fourth-order valence-electron chi connectivity index (χ4n) is 3.78. The van der Waals surface area contributed by atoms with E-state index >= 15 is 0 Å². The molecule has 3 N–H and O–H groups in total. The lowest BCUT2D eigenvalue weighted by molar-refractivity contribution is 0.0344. The number of benzene rings is 2. The summed E-state index contributed by atoms with van der Waals surface area (Å²) in [6, 6.07) is 10.1. The standard InChI is InChI=1S/C26H27F2N3O5/c1-15-7-8-22(29-11-15)31-17(12-32)13-35-23-18(5-4-6-21(23)31)25(34)30-16-9-19(27)24(20(28)10-16)36-26(2,3)14-33/h4-11,17,32-33H,12-14H2,1-3H3,(H,30,34). The zero-order valence-corrected chi connectivity index (χ0v) is 20.1. The number of nitrogens with one attached hydrogen (secondary N) is 1. The SMILES string of the molecule is Cc1ccc(N2c3cccc(C(=O)Nc4cc(F)c(OC(C)(C)CO)c(F)c4)c3OCC2CO)nc1. The second-order valence-electron chi connectivity index (χ2n) is 9.11. The molecule has 1 amide bonds.